The summed E-state index contributed by atoms with van der Waals surface area (Å²) in [6.07, 6.45) is -6.35. The van der Waals surface area contributed by atoms with Gasteiger partial charge in [-0.05, 0) is 12.7 Å². The number of aliphatic hydroxyl groups excluding tert-OH is 3. The fourth-order valence-electron chi connectivity index (χ4n) is 4.96. The van der Waals surface area contributed by atoms with Gasteiger partial charge in [0.2, 0.25) is 35.4 Å². The number of hydrogen-bond donors (Lipinski definition) is 9. The summed E-state index contributed by atoms with van der Waals surface area (Å²) >= 11 is 1.27. The molecule has 9 atom stereocenters. The smallest absolute Gasteiger partial charge is 0.305 e. The number of rotatable bonds is 24. The van der Waals surface area contributed by atoms with Crippen molar-refractivity contribution in [2.45, 2.75) is 116 Å². The van der Waals surface area contributed by atoms with Crippen molar-refractivity contribution in [2.75, 3.05) is 37.9 Å². The highest BCUT2D eigenvalue weighted by Gasteiger charge is 2.46. The van der Waals surface area contributed by atoms with Gasteiger partial charge in [0.1, 0.15) is 42.2 Å². The zero-order valence-electron chi connectivity index (χ0n) is 31.5. The van der Waals surface area contributed by atoms with Crippen LogP contribution in [0.1, 0.15) is 67.2 Å². The van der Waals surface area contributed by atoms with Crippen molar-refractivity contribution in [3.63, 3.8) is 0 Å². The molecule has 0 aromatic rings. The minimum Gasteiger partial charge on any atom is -0.465 e. The monoisotopic (exact) mass is 792 g/mol. The normalized spacial score (nSPS) is 21.6. The third-order valence-corrected chi connectivity index (χ3v) is 9.25. The van der Waals surface area contributed by atoms with Crippen molar-refractivity contribution in [2.24, 2.45) is 5.92 Å². The van der Waals surface area contributed by atoms with Crippen LogP contribution in [0.5, 0.6) is 0 Å². The molecule has 1 rings (SSSR count). The van der Waals surface area contributed by atoms with E-state index in [0.29, 0.717) is 12.2 Å². The average molecular weight is 793 g/mol. The molecule has 9 N–H and O–H groups in total. The zero-order valence-corrected chi connectivity index (χ0v) is 32.3. The van der Waals surface area contributed by atoms with E-state index < -0.39 is 110 Å². The Kier molecular flexibility index (Phi) is 22.5. The number of aliphatic hydroxyl groups is 3. The molecule has 21 heteroatoms. The number of Topliss-reactive ketones (excluding diaryl/α,β-unsaturated/α-hetero) is 1. The molecule has 0 aromatic heterocycles. The number of ether oxygens (including phenoxy) is 3. The van der Waals surface area contributed by atoms with Crippen molar-refractivity contribution in [1.82, 2.24) is 31.9 Å². The van der Waals surface area contributed by atoms with Gasteiger partial charge in [0.25, 0.3) is 0 Å². The van der Waals surface area contributed by atoms with E-state index in [1.54, 1.807) is 20.8 Å². The Morgan fingerprint density at radius 3 is 2.07 bits per heavy atom. The Balaban J connectivity index is 2.80. The van der Waals surface area contributed by atoms with Crippen molar-refractivity contribution in [1.29, 1.82) is 0 Å². The van der Waals surface area contributed by atoms with Gasteiger partial charge >= 0.3 is 5.97 Å². The number of carbonyl (C=O) groups is 8. The molecule has 54 heavy (non-hydrogen) atoms. The summed E-state index contributed by atoms with van der Waals surface area (Å²) in [5.41, 5.74) is 0. The number of ketones is 1. The minimum atomic E-state index is -1.61. The number of thioether (sulfide) groups is 1. The second-order valence-electron chi connectivity index (χ2n) is 12.5. The third kappa shape index (κ3) is 17.5. The topological polar surface area (TPSA) is 297 Å². The van der Waals surface area contributed by atoms with Gasteiger partial charge in [-0.1, -0.05) is 20.8 Å². The first-order valence-electron chi connectivity index (χ1n) is 17.7. The maximum absolute atomic E-state index is 13.1. The van der Waals surface area contributed by atoms with E-state index >= 15 is 0 Å². The molecule has 0 aromatic carbocycles. The molecule has 4 unspecified atom stereocenters. The van der Waals surface area contributed by atoms with E-state index in [4.69, 9.17) is 14.2 Å². The minimum absolute atomic E-state index is 0.0116. The first-order valence-corrected chi connectivity index (χ1v) is 18.8. The van der Waals surface area contributed by atoms with Crippen LogP contribution in [-0.2, 0) is 52.6 Å². The average Bonchev–Trinajstić information content (AvgIpc) is 3.13. The largest absolute Gasteiger partial charge is 0.465 e. The lowest BCUT2D eigenvalue weighted by Crippen LogP contribution is -2.66. The summed E-state index contributed by atoms with van der Waals surface area (Å²) in [7, 11) is 0. The van der Waals surface area contributed by atoms with Crippen LogP contribution in [0, 0.1) is 5.92 Å². The summed E-state index contributed by atoms with van der Waals surface area (Å²) in [4.78, 5) is 98.1. The Morgan fingerprint density at radius 1 is 0.815 bits per heavy atom. The number of esters is 1. The van der Waals surface area contributed by atoms with Crippen molar-refractivity contribution in [3.8, 4) is 0 Å². The lowest BCUT2D eigenvalue weighted by atomic mass is 9.96. The number of amides is 6. The molecule has 20 nitrogen and oxygen atoms in total. The molecule has 1 fully saturated rings. The predicted molar refractivity (Wildman–Crippen MR) is 192 cm³/mol. The standard InChI is InChI=1S/C33H56N6O14S/c1-7-21(43)10-20(13-51-26(46)9-3)14-54-15-22(39-24(44)8-2)31(49)34-11-25(45)35-16-36-32(50)27(37-18(5)41)17(4)52-33-28(38-19(6)42)30(48)29(47)23(12-40)53-33/h17,20,22-23,27-30,33,40,47-48H,7-16H2,1-6H3,(H,34,49)(H,35,45)(H,36,50)(H,37,41)(H,38,42)(H,39,44)/t17-,20?,22+,23?,27-,28?,29-,30?,33-/m1/s1. The van der Waals surface area contributed by atoms with Crippen LogP contribution >= 0.6 is 11.8 Å². The summed E-state index contributed by atoms with van der Waals surface area (Å²) in [6.45, 7) is 7.00. The van der Waals surface area contributed by atoms with Crippen LogP contribution in [0.25, 0.3) is 0 Å². The van der Waals surface area contributed by atoms with E-state index in [0.717, 1.165) is 13.8 Å². The molecule has 308 valence electrons. The molecule has 0 radical (unpaired) electrons. The quantitative estimate of drug-likeness (QED) is 0.0342. The van der Waals surface area contributed by atoms with E-state index in [1.807, 2.05) is 0 Å². The van der Waals surface area contributed by atoms with Gasteiger partial charge in [-0.2, -0.15) is 11.8 Å². The van der Waals surface area contributed by atoms with Gasteiger partial charge in [0, 0.05) is 51.2 Å². The summed E-state index contributed by atoms with van der Waals surface area (Å²) < 4.78 is 16.5. The van der Waals surface area contributed by atoms with Crippen LogP contribution in [0.2, 0.25) is 0 Å². The molecular weight excluding hydrogens is 736 g/mol. The van der Waals surface area contributed by atoms with Crippen LogP contribution < -0.4 is 31.9 Å². The molecule has 1 aliphatic heterocycles. The van der Waals surface area contributed by atoms with E-state index in [1.165, 1.54) is 18.7 Å². The van der Waals surface area contributed by atoms with Crippen LogP contribution in [0.3, 0.4) is 0 Å². The number of nitrogens with one attached hydrogen (secondary N) is 6. The zero-order chi connectivity index (χ0) is 41.0. The van der Waals surface area contributed by atoms with Gasteiger partial charge in [-0.15, -0.1) is 0 Å². The van der Waals surface area contributed by atoms with Gasteiger partial charge in [-0.3, -0.25) is 38.4 Å². The van der Waals surface area contributed by atoms with E-state index in [-0.39, 0.29) is 43.3 Å². The van der Waals surface area contributed by atoms with Crippen LogP contribution in [0.15, 0.2) is 0 Å². The molecule has 1 aliphatic rings. The number of hydrogen-bond acceptors (Lipinski definition) is 15. The summed E-state index contributed by atoms with van der Waals surface area (Å²) in [5, 5.41) is 44.9. The third-order valence-electron chi connectivity index (χ3n) is 7.97. The molecular formula is C33H56N6O14S. The number of carbonyl (C=O) groups excluding carboxylic acids is 8. The Bertz CT molecular complexity index is 1290. The second-order valence-corrected chi connectivity index (χ2v) is 13.6. The molecule has 6 amide bonds. The highest BCUT2D eigenvalue weighted by molar-refractivity contribution is 7.99. The van der Waals surface area contributed by atoms with Gasteiger partial charge < -0.3 is 61.4 Å². The highest BCUT2D eigenvalue weighted by atomic mass is 32.2. The van der Waals surface area contributed by atoms with Gasteiger partial charge in [0.15, 0.2) is 6.29 Å². The first-order chi connectivity index (χ1) is 25.5. The SMILES string of the molecule is CCC(=O)CC(COC(=O)CC)CSC[C@H](NC(=O)CC)C(=O)NCC(=O)NCNC(=O)[C@H](NC(C)=O)[C@@H](C)O[C@@H]1OC(CO)[C@@H](O)C(O)C1NC(C)=O. The fraction of sp³-hybridized carbons (Fsp3) is 0.758. The van der Waals surface area contributed by atoms with Gasteiger partial charge in [-0.25, -0.2) is 0 Å². The van der Waals surface area contributed by atoms with Gasteiger partial charge in [0.05, 0.1) is 32.5 Å². The summed E-state index contributed by atoms with van der Waals surface area (Å²) in [5.74, 6) is -4.11. The van der Waals surface area contributed by atoms with Crippen LogP contribution in [0.4, 0.5) is 0 Å². The lowest BCUT2D eigenvalue weighted by molar-refractivity contribution is -0.281. The Morgan fingerprint density at radius 2 is 1.50 bits per heavy atom. The molecule has 0 aliphatic carbocycles. The summed E-state index contributed by atoms with van der Waals surface area (Å²) in [6, 6.07) is -3.74. The van der Waals surface area contributed by atoms with Crippen molar-refractivity contribution >= 4 is 59.0 Å². The lowest BCUT2D eigenvalue weighted by Gasteiger charge is -2.43. The molecule has 0 saturated carbocycles. The maximum Gasteiger partial charge on any atom is 0.305 e. The molecule has 1 heterocycles. The van der Waals surface area contributed by atoms with Crippen molar-refractivity contribution in [3.05, 3.63) is 0 Å². The highest BCUT2D eigenvalue weighted by Crippen LogP contribution is 2.24. The Labute approximate surface area is 318 Å². The molecule has 1 saturated heterocycles. The predicted octanol–water partition coefficient (Wildman–Crippen LogP) is -3.29. The second kappa shape index (κ2) is 25.2. The van der Waals surface area contributed by atoms with E-state index in [9.17, 15) is 53.7 Å². The molecule has 0 spiro atoms. The van der Waals surface area contributed by atoms with Crippen molar-refractivity contribution < 1.29 is 67.9 Å². The van der Waals surface area contributed by atoms with Crippen LogP contribution in [-0.4, -0.2) is 149 Å². The molecule has 0 bridgehead atoms. The Hall–Kier alpha value is -3.89. The first kappa shape index (κ1) is 48.1. The fourth-order valence-corrected chi connectivity index (χ4v) is 6.12. The maximum atomic E-state index is 13.1. The van der Waals surface area contributed by atoms with E-state index in [2.05, 4.69) is 31.9 Å².